The molecule has 0 spiro atoms. The highest BCUT2D eigenvalue weighted by atomic mass is 35.5. The van der Waals surface area contributed by atoms with Gasteiger partial charge in [-0.05, 0) is 37.1 Å². The first-order valence-corrected chi connectivity index (χ1v) is 8.81. The highest BCUT2D eigenvalue weighted by Crippen LogP contribution is 2.20. The van der Waals surface area contributed by atoms with E-state index in [9.17, 15) is 14.4 Å². The lowest BCUT2D eigenvalue weighted by Gasteiger charge is -2.32. The van der Waals surface area contributed by atoms with Crippen LogP contribution in [0.15, 0.2) is 35.1 Å². The van der Waals surface area contributed by atoms with Crippen molar-refractivity contribution in [2.24, 2.45) is 5.92 Å². The summed E-state index contributed by atoms with van der Waals surface area (Å²) in [4.78, 5) is 41.3. The van der Waals surface area contributed by atoms with Crippen molar-refractivity contribution in [3.63, 3.8) is 0 Å². The zero-order chi connectivity index (χ0) is 19.4. The lowest BCUT2D eigenvalue weighted by Crippen LogP contribution is -2.45. The normalized spacial score (nSPS) is 16.8. The minimum absolute atomic E-state index is 0.0674. The van der Waals surface area contributed by atoms with Gasteiger partial charge in [-0.15, -0.1) is 0 Å². The van der Waals surface area contributed by atoms with E-state index < -0.39 is 5.97 Å². The molecular weight excluding hydrogens is 374 g/mol. The number of aromatic nitrogens is 1. The Hall–Kier alpha value is -2.87. The second-order valence-electron chi connectivity index (χ2n) is 6.24. The van der Waals surface area contributed by atoms with E-state index in [0.717, 1.165) is 6.39 Å². The molecule has 0 bridgehead atoms. The fourth-order valence-electron chi connectivity index (χ4n) is 3.03. The molecule has 1 aromatic heterocycles. The fourth-order valence-corrected chi connectivity index (χ4v) is 3.16. The molecule has 1 atom stereocenters. The van der Waals surface area contributed by atoms with Crippen LogP contribution >= 0.6 is 11.6 Å². The molecule has 9 heteroatoms. The maximum atomic E-state index is 12.6. The molecule has 2 aromatic rings. The molecule has 2 heterocycles. The summed E-state index contributed by atoms with van der Waals surface area (Å²) in [5, 5.41) is 12.2. The molecule has 0 radical (unpaired) electrons. The van der Waals surface area contributed by atoms with Crippen molar-refractivity contribution < 1.29 is 23.9 Å². The van der Waals surface area contributed by atoms with Crippen LogP contribution in [0.4, 0.5) is 0 Å². The van der Waals surface area contributed by atoms with Crippen LogP contribution in [0.3, 0.4) is 0 Å². The van der Waals surface area contributed by atoms with E-state index in [-0.39, 0.29) is 35.7 Å². The largest absolute Gasteiger partial charge is 0.476 e. The zero-order valence-electron chi connectivity index (χ0n) is 14.4. The molecule has 2 N–H and O–H groups in total. The first kappa shape index (κ1) is 18.9. The van der Waals surface area contributed by atoms with Crippen LogP contribution in [0.2, 0.25) is 5.02 Å². The predicted octanol–water partition coefficient (Wildman–Crippen LogP) is 2.19. The van der Waals surface area contributed by atoms with Gasteiger partial charge >= 0.3 is 5.97 Å². The van der Waals surface area contributed by atoms with Gasteiger partial charge in [0.1, 0.15) is 0 Å². The molecule has 27 heavy (non-hydrogen) atoms. The van der Waals surface area contributed by atoms with Crippen molar-refractivity contribution in [1.29, 1.82) is 0 Å². The summed E-state index contributed by atoms with van der Waals surface area (Å²) in [6.07, 6.45) is 2.39. The van der Waals surface area contributed by atoms with Crippen LogP contribution in [-0.2, 0) is 11.3 Å². The highest BCUT2D eigenvalue weighted by Gasteiger charge is 2.29. The number of nitrogens with zero attached hydrogens (tertiary/aromatic N) is 2. The van der Waals surface area contributed by atoms with E-state index in [1.54, 1.807) is 29.2 Å². The van der Waals surface area contributed by atoms with Gasteiger partial charge in [0, 0.05) is 23.7 Å². The van der Waals surface area contributed by atoms with Gasteiger partial charge in [-0.3, -0.25) is 9.59 Å². The average Bonchev–Trinajstić information content (AvgIpc) is 3.15. The van der Waals surface area contributed by atoms with Gasteiger partial charge in [0.2, 0.25) is 5.91 Å². The maximum Gasteiger partial charge on any atom is 0.358 e. The van der Waals surface area contributed by atoms with Crippen molar-refractivity contribution in [1.82, 2.24) is 15.2 Å². The summed E-state index contributed by atoms with van der Waals surface area (Å²) in [5.74, 6) is -1.90. The standard InChI is InChI=1S/C18H18ClN3O5/c19-13-5-3-11(4-6-13)17(24)22-7-1-2-12(9-22)16(23)20-8-14-15(18(25)26)21-10-27-14/h3-6,10,12H,1-2,7-9H2,(H,20,23)(H,25,26). The Morgan fingerprint density at radius 1 is 1.30 bits per heavy atom. The number of carbonyl (C=O) groups is 3. The van der Waals surface area contributed by atoms with E-state index in [1.807, 2.05) is 0 Å². The van der Waals surface area contributed by atoms with Crippen LogP contribution in [0.25, 0.3) is 0 Å². The summed E-state index contributed by atoms with van der Waals surface area (Å²) in [5.41, 5.74) is 0.298. The van der Waals surface area contributed by atoms with Crippen molar-refractivity contribution in [2.45, 2.75) is 19.4 Å². The second kappa shape index (κ2) is 8.22. The molecule has 1 aliphatic rings. The molecule has 8 nitrogen and oxygen atoms in total. The monoisotopic (exact) mass is 391 g/mol. The summed E-state index contributed by atoms with van der Waals surface area (Å²) in [6, 6.07) is 6.62. The molecule has 0 aliphatic carbocycles. The number of benzene rings is 1. The van der Waals surface area contributed by atoms with Crippen LogP contribution in [-0.4, -0.2) is 45.9 Å². The van der Waals surface area contributed by atoms with E-state index in [4.69, 9.17) is 21.1 Å². The van der Waals surface area contributed by atoms with Gasteiger partial charge in [0.05, 0.1) is 12.5 Å². The SMILES string of the molecule is O=C(O)c1ncoc1CNC(=O)C1CCCN(C(=O)c2ccc(Cl)cc2)C1. The summed E-state index contributed by atoms with van der Waals surface area (Å²) < 4.78 is 5.01. The number of amides is 2. The molecule has 1 aromatic carbocycles. The molecule has 142 valence electrons. The number of rotatable bonds is 5. The van der Waals surface area contributed by atoms with Gasteiger partial charge in [-0.25, -0.2) is 9.78 Å². The maximum absolute atomic E-state index is 12.6. The number of oxazole rings is 1. The Morgan fingerprint density at radius 2 is 2.04 bits per heavy atom. The zero-order valence-corrected chi connectivity index (χ0v) is 15.1. The Kier molecular flexibility index (Phi) is 5.75. The lowest BCUT2D eigenvalue weighted by atomic mass is 9.96. The molecule has 2 amide bonds. The number of likely N-dealkylation sites (tertiary alicyclic amines) is 1. The van der Waals surface area contributed by atoms with Gasteiger partial charge in [0.15, 0.2) is 17.8 Å². The van der Waals surface area contributed by atoms with E-state index in [1.165, 1.54) is 0 Å². The lowest BCUT2D eigenvalue weighted by molar-refractivity contribution is -0.126. The number of halogens is 1. The molecule has 1 aliphatic heterocycles. The van der Waals surface area contributed by atoms with Gasteiger partial charge in [-0.2, -0.15) is 0 Å². The predicted molar refractivity (Wildman–Crippen MR) is 95.4 cm³/mol. The van der Waals surface area contributed by atoms with Crippen molar-refractivity contribution >= 4 is 29.4 Å². The Labute approximate surface area is 160 Å². The third-order valence-corrected chi connectivity index (χ3v) is 4.69. The van der Waals surface area contributed by atoms with Crippen molar-refractivity contribution in [3.05, 3.63) is 52.7 Å². The number of carbonyl (C=O) groups excluding carboxylic acids is 2. The number of carboxylic acids is 1. The number of carboxylic acid groups (broad SMARTS) is 1. The minimum atomic E-state index is -1.22. The van der Waals surface area contributed by atoms with Crippen LogP contribution in [0, 0.1) is 5.92 Å². The smallest absolute Gasteiger partial charge is 0.358 e. The van der Waals surface area contributed by atoms with Crippen LogP contribution in [0.1, 0.15) is 39.4 Å². The molecule has 1 fully saturated rings. The first-order valence-electron chi connectivity index (χ1n) is 8.44. The van der Waals surface area contributed by atoms with E-state index >= 15 is 0 Å². The van der Waals surface area contributed by atoms with E-state index in [2.05, 4.69) is 10.3 Å². The molecule has 0 saturated carbocycles. The topological polar surface area (TPSA) is 113 Å². The minimum Gasteiger partial charge on any atom is -0.476 e. The molecule has 3 rings (SSSR count). The fraction of sp³-hybridized carbons (Fsp3) is 0.333. The molecule has 1 saturated heterocycles. The summed E-state index contributed by atoms with van der Waals surface area (Å²) in [7, 11) is 0. The summed E-state index contributed by atoms with van der Waals surface area (Å²) in [6.45, 7) is 0.814. The second-order valence-corrected chi connectivity index (χ2v) is 6.68. The van der Waals surface area contributed by atoms with Crippen molar-refractivity contribution in [2.75, 3.05) is 13.1 Å². The third kappa shape index (κ3) is 4.46. The Bertz CT molecular complexity index is 849. The first-order chi connectivity index (χ1) is 13.0. The van der Waals surface area contributed by atoms with Crippen LogP contribution < -0.4 is 5.32 Å². The number of nitrogens with one attached hydrogen (secondary N) is 1. The number of hydrogen-bond acceptors (Lipinski definition) is 5. The highest BCUT2D eigenvalue weighted by molar-refractivity contribution is 6.30. The third-order valence-electron chi connectivity index (χ3n) is 4.44. The average molecular weight is 392 g/mol. The van der Waals surface area contributed by atoms with Crippen molar-refractivity contribution in [3.8, 4) is 0 Å². The van der Waals surface area contributed by atoms with Gasteiger partial charge < -0.3 is 19.7 Å². The quantitative estimate of drug-likeness (QED) is 0.807. The number of aromatic carboxylic acids is 1. The Morgan fingerprint density at radius 3 is 2.74 bits per heavy atom. The van der Waals surface area contributed by atoms with E-state index in [0.29, 0.717) is 36.5 Å². The molecule has 1 unspecified atom stereocenters. The number of hydrogen-bond donors (Lipinski definition) is 2. The molecular formula is C18H18ClN3O5. The summed E-state index contributed by atoms with van der Waals surface area (Å²) >= 11 is 5.85. The van der Waals surface area contributed by atoms with Gasteiger partial charge in [-0.1, -0.05) is 11.6 Å². The van der Waals surface area contributed by atoms with Gasteiger partial charge in [0.25, 0.3) is 5.91 Å². The Balaban J connectivity index is 1.59. The number of piperidine rings is 1. The van der Waals surface area contributed by atoms with Crippen LogP contribution in [0.5, 0.6) is 0 Å².